The van der Waals surface area contributed by atoms with Gasteiger partial charge in [-0.05, 0) is 54.5 Å². The van der Waals surface area contributed by atoms with Crippen LogP contribution in [0, 0.1) is 30.2 Å². The molecule has 1 nitrogen and oxygen atoms in total. The lowest BCUT2D eigenvalue weighted by molar-refractivity contribution is 0.289. The normalized spacial score (nSPS) is 14.6. The minimum absolute atomic E-state index is 0.123. The molecule has 0 saturated heterocycles. The molecule has 3 aromatic rings. The average molecular weight is 428 g/mol. The Kier molecular flexibility index (Phi) is 6.30. The number of halogens is 4. The molecule has 0 heterocycles. The third kappa shape index (κ3) is 4.76. The van der Waals surface area contributed by atoms with Crippen LogP contribution in [0.5, 0.6) is 5.75 Å². The monoisotopic (exact) mass is 428 g/mol. The molecule has 4 rings (SSSR count). The van der Waals surface area contributed by atoms with Gasteiger partial charge in [0.05, 0.1) is 5.56 Å². The average Bonchev–Trinajstić information content (AvgIpc) is 2.77. The highest BCUT2D eigenvalue weighted by Gasteiger charge is 2.17. The molecule has 0 aliphatic heterocycles. The fraction of sp³-hybridized carbons (Fsp3) is 0.308. The Balaban J connectivity index is 1.50. The van der Waals surface area contributed by atoms with Crippen LogP contribution in [0.3, 0.4) is 0 Å². The summed E-state index contributed by atoms with van der Waals surface area (Å²) in [7, 11) is 0. The maximum atomic E-state index is 14.6. The van der Waals surface area contributed by atoms with Crippen LogP contribution in [0.2, 0.25) is 0 Å². The van der Waals surface area contributed by atoms with Gasteiger partial charge in [0.25, 0.3) is 0 Å². The molecule has 0 amide bonds. The van der Waals surface area contributed by atoms with E-state index in [2.05, 4.69) is 0 Å². The molecular formula is C26H24F4O. The van der Waals surface area contributed by atoms with E-state index in [1.807, 2.05) is 24.3 Å². The van der Waals surface area contributed by atoms with E-state index in [0.717, 1.165) is 17.7 Å². The molecular weight excluding hydrogens is 404 g/mol. The van der Waals surface area contributed by atoms with Crippen LogP contribution in [0.1, 0.15) is 54.7 Å². The van der Waals surface area contributed by atoms with Gasteiger partial charge in [0, 0.05) is 17.7 Å². The summed E-state index contributed by atoms with van der Waals surface area (Å²) >= 11 is 0. The first-order valence-electron chi connectivity index (χ1n) is 10.6. The van der Waals surface area contributed by atoms with Gasteiger partial charge in [0.2, 0.25) is 0 Å². The lowest BCUT2D eigenvalue weighted by Gasteiger charge is -2.22. The van der Waals surface area contributed by atoms with Crippen LogP contribution in [0.15, 0.2) is 48.5 Å². The molecule has 0 atom stereocenters. The largest absolute Gasteiger partial charge is 0.488 e. The number of hydrogen-bond donors (Lipinski definition) is 0. The summed E-state index contributed by atoms with van der Waals surface area (Å²) in [5.41, 5.74) is 2.01. The second-order valence-electron chi connectivity index (χ2n) is 8.18. The molecule has 0 aromatic heterocycles. The van der Waals surface area contributed by atoms with E-state index in [1.54, 1.807) is 0 Å². The molecule has 0 N–H and O–H groups in total. The van der Waals surface area contributed by atoms with Gasteiger partial charge in [-0.15, -0.1) is 0 Å². The highest BCUT2D eigenvalue weighted by atomic mass is 19.1. The Bertz CT molecular complexity index is 1020. The Hall–Kier alpha value is -2.82. The molecule has 0 bridgehead atoms. The van der Waals surface area contributed by atoms with Gasteiger partial charge in [0.15, 0.2) is 0 Å². The number of benzene rings is 3. The molecule has 0 radical (unpaired) electrons. The zero-order valence-electron chi connectivity index (χ0n) is 17.4. The van der Waals surface area contributed by atoms with E-state index >= 15 is 0 Å². The highest BCUT2D eigenvalue weighted by molar-refractivity contribution is 5.64. The van der Waals surface area contributed by atoms with Crippen molar-refractivity contribution in [2.75, 3.05) is 0 Å². The number of rotatable bonds is 5. The molecule has 0 spiro atoms. The van der Waals surface area contributed by atoms with Crippen molar-refractivity contribution in [2.45, 2.75) is 51.6 Å². The van der Waals surface area contributed by atoms with Crippen molar-refractivity contribution in [3.05, 3.63) is 88.5 Å². The first kappa shape index (κ1) is 21.4. The van der Waals surface area contributed by atoms with Crippen LogP contribution in [0.25, 0.3) is 11.1 Å². The maximum Gasteiger partial charge on any atom is 0.133 e. The molecule has 1 aliphatic rings. The predicted octanol–water partition coefficient (Wildman–Crippen LogP) is 7.85. The number of ether oxygens (including phenoxy) is 1. The molecule has 1 fully saturated rings. The summed E-state index contributed by atoms with van der Waals surface area (Å²) in [6.07, 6.45) is 6.15. The first-order chi connectivity index (χ1) is 14.9. The maximum absolute atomic E-state index is 14.6. The Morgan fingerprint density at radius 2 is 1.32 bits per heavy atom. The quantitative estimate of drug-likeness (QED) is 0.376. The van der Waals surface area contributed by atoms with Crippen molar-refractivity contribution >= 4 is 0 Å². The summed E-state index contributed by atoms with van der Waals surface area (Å²) in [6.45, 7) is 0.828. The van der Waals surface area contributed by atoms with E-state index < -0.39 is 29.9 Å². The summed E-state index contributed by atoms with van der Waals surface area (Å²) in [5.74, 6) is -2.64. The van der Waals surface area contributed by atoms with Gasteiger partial charge in [0.1, 0.15) is 35.6 Å². The van der Waals surface area contributed by atoms with Crippen molar-refractivity contribution < 1.29 is 22.3 Å². The van der Waals surface area contributed by atoms with Crippen LogP contribution in [-0.4, -0.2) is 0 Å². The minimum Gasteiger partial charge on any atom is -0.488 e. The van der Waals surface area contributed by atoms with Crippen LogP contribution >= 0.6 is 0 Å². The van der Waals surface area contributed by atoms with Crippen molar-refractivity contribution in [3.8, 4) is 16.9 Å². The van der Waals surface area contributed by atoms with Gasteiger partial charge >= 0.3 is 0 Å². The van der Waals surface area contributed by atoms with Crippen molar-refractivity contribution in [1.82, 2.24) is 0 Å². The molecule has 1 aliphatic carbocycles. The van der Waals surface area contributed by atoms with Gasteiger partial charge in [-0.3, -0.25) is 0 Å². The van der Waals surface area contributed by atoms with E-state index in [1.165, 1.54) is 56.7 Å². The van der Waals surface area contributed by atoms with E-state index in [0.29, 0.717) is 11.5 Å². The zero-order chi connectivity index (χ0) is 22.0. The van der Waals surface area contributed by atoms with Crippen molar-refractivity contribution in [3.63, 3.8) is 0 Å². The molecule has 1 saturated carbocycles. The Morgan fingerprint density at radius 3 is 1.90 bits per heavy atom. The van der Waals surface area contributed by atoms with E-state index in [4.69, 9.17) is 4.74 Å². The molecule has 3 aromatic carbocycles. The topological polar surface area (TPSA) is 9.23 Å². The van der Waals surface area contributed by atoms with Crippen LogP contribution in [0.4, 0.5) is 17.6 Å². The fourth-order valence-electron chi connectivity index (χ4n) is 4.15. The van der Waals surface area contributed by atoms with Crippen LogP contribution in [-0.2, 0) is 6.61 Å². The Morgan fingerprint density at radius 1 is 0.742 bits per heavy atom. The Labute approximate surface area is 179 Å². The molecule has 31 heavy (non-hydrogen) atoms. The summed E-state index contributed by atoms with van der Waals surface area (Å²) < 4.78 is 61.8. The highest BCUT2D eigenvalue weighted by Crippen LogP contribution is 2.34. The summed E-state index contributed by atoms with van der Waals surface area (Å²) in [5, 5.41) is 0. The standard InChI is InChI=1S/C26H24F4O/c1-16-23(27)13-21(14-24(16)28)31-15-22-25(29)11-20(12-26(22)30)19-9-7-18(8-10-19)17-5-3-2-4-6-17/h7-14,17H,2-6,15H2,1H3. The van der Waals surface area contributed by atoms with Gasteiger partial charge < -0.3 is 4.74 Å². The van der Waals surface area contributed by atoms with Crippen molar-refractivity contribution in [2.24, 2.45) is 0 Å². The lowest BCUT2D eigenvalue weighted by Crippen LogP contribution is -2.04. The van der Waals surface area contributed by atoms with Crippen LogP contribution < -0.4 is 4.74 Å². The van der Waals surface area contributed by atoms with Gasteiger partial charge in [-0.1, -0.05) is 43.5 Å². The summed E-state index contributed by atoms with van der Waals surface area (Å²) in [4.78, 5) is 0. The SMILES string of the molecule is Cc1c(F)cc(OCc2c(F)cc(-c3ccc(C4CCCCC4)cc3)cc2F)cc1F. The van der Waals surface area contributed by atoms with Gasteiger partial charge in [-0.2, -0.15) is 0 Å². The summed E-state index contributed by atoms with van der Waals surface area (Å²) in [6, 6.07) is 12.4. The first-order valence-corrected chi connectivity index (χ1v) is 10.6. The lowest BCUT2D eigenvalue weighted by atomic mass is 9.83. The second-order valence-corrected chi connectivity index (χ2v) is 8.18. The fourth-order valence-corrected chi connectivity index (χ4v) is 4.15. The molecule has 162 valence electrons. The third-order valence-electron chi connectivity index (χ3n) is 6.10. The van der Waals surface area contributed by atoms with E-state index in [9.17, 15) is 17.6 Å². The smallest absolute Gasteiger partial charge is 0.133 e. The third-order valence-corrected chi connectivity index (χ3v) is 6.10. The number of hydrogen-bond acceptors (Lipinski definition) is 1. The minimum atomic E-state index is -0.775. The second kappa shape index (κ2) is 9.13. The molecule has 0 unspecified atom stereocenters. The molecule has 5 heteroatoms. The zero-order valence-corrected chi connectivity index (χ0v) is 17.4. The van der Waals surface area contributed by atoms with Crippen molar-refractivity contribution in [1.29, 1.82) is 0 Å². The van der Waals surface area contributed by atoms with E-state index in [-0.39, 0.29) is 16.9 Å². The van der Waals surface area contributed by atoms with Gasteiger partial charge in [-0.25, -0.2) is 17.6 Å². The predicted molar refractivity (Wildman–Crippen MR) is 113 cm³/mol.